The Balaban J connectivity index is 1.41. The molecule has 2 aromatic carbocycles. The molecule has 0 spiro atoms. The Morgan fingerprint density at radius 3 is 2.61 bits per heavy atom. The van der Waals surface area contributed by atoms with Crippen molar-refractivity contribution in [1.29, 1.82) is 0 Å². The van der Waals surface area contributed by atoms with E-state index in [1.165, 1.54) is 30.2 Å². The normalized spacial score (nSPS) is 14.2. The standard InChI is InChI=1S/C34H46FN5O4/c1-6-18-40(34(41)44-32(24(2)3)27-12-10-13-29(42-5)25(27)4)31-16-17-36-33(38-31)37-26-14-15-30(28(35)23-26)43-22-11-21-39-19-8-7-9-20-39/h10,12-17,23-24,32H,6-9,11,18-22H2,1-5H3,(H,36,37,38). The average Bonchev–Trinajstić information content (AvgIpc) is 3.02. The molecule has 2 heterocycles. The van der Waals surface area contributed by atoms with Gasteiger partial charge in [0.05, 0.1) is 13.7 Å². The van der Waals surface area contributed by atoms with E-state index in [4.69, 9.17) is 14.2 Å². The Morgan fingerprint density at radius 1 is 1.11 bits per heavy atom. The fourth-order valence-electron chi connectivity index (χ4n) is 5.45. The second-order valence-corrected chi connectivity index (χ2v) is 11.5. The Labute approximate surface area is 260 Å². The highest BCUT2D eigenvalue weighted by Crippen LogP contribution is 2.34. The van der Waals surface area contributed by atoms with Crippen LogP contribution in [-0.2, 0) is 4.74 Å². The maximum Gasteiger partial charge on any atom is 0.416 e. The number of carbonyl (C=O) groups is 1. The number of aromatic nitrogens is 2. The van der Waals surface area contributed by atoms with Crippen LogP contribution in [0.5, 0.6) is 11.5 Å². The predicted octanol–water partition coefficient (Wildman–Crippen LogP) is 7.68. The first-order chi connectivity index (χ1) is 21.3. The molecule has 1 aliphatic heterocycles. The van der Waals surface area contributed by atoms with Crippen LogP contribution in [0.15, 0.2) is 48.7 Å². The summed E-state index contributed by atoms with van der Waals surface area (Å²) in [6, 6.07) is 12.1. The lowest BCUT2D eigenvalue weighted by Gasteiger charge is -2.28. The number of benzene rings is 2. The number of hydrogen-bond acceptors (Lipinski definition) is 8. The van der Waals surface area contributed by atoms with Crippen molar-refractivity contribution in [3.05, 3.63) is 65.6 Å². The van der Waals surface area contributed by atoms with E-state index in [1.54, 1.807) is 31.5 Å². The first-order valence-electron chi connectivity index (χ1n) is 15.7. The number of methoxy groups -OCH3 is 1. The molecular weight excluding hydrogens is 561 g/mol. The summed E-state index contributed by atoms with van der Waals surface area (Å²) in [7, 11) is 1.63. The molecule has 0 aliphatic carbocycles. The minimum atomic E-state index is -0.509. The zero-order chi connectivity index (χ0) is 31.5. The summed E-state index contributed by atoms with van der Waals surface area (Å²) in [5.41, 5.74) is 2.29. The summed E-state index contributed by atoms with van der Waals surface area (Å²) in [6.45, 7) is 12.1. The summed E-state index contributed by atoms with van der Waals surface area (Å²) in [6.07, 6.45) is 5.92. The van der Waals surface area contributed by atoms with E-state index in [0.29, 0.717) is 31.1 Å². The van der Waals surface area contributed by atoms with E-state index >= 15 is 0 Å². The summed E-state index contributed by atoms with van der Waals surface area (Å²) < 4.78 is 32.2. The van der Waals surface area contributed by atoms with Gasteiger partial charge in [-0.3, -0.25) is 4.90 Å². The SMILES string of the molecule is CCCN(C(=O)OC(c1cccc(OC)c1C)C(C)C)c1ccnc(Nc2ccc(OCCCN3CCCCC3)c(F)c2)n1. The van der Waals surface area contributed by atoms with Gasteiger partial charge < -0.3 is 24.4 Å². The van der Waals surface area contributed by atoms with Gasteiger partial charge in [0, 0.05) is 31.0 Å². The fourth-order valence-corrected chi connectivity index (χ4v) is 5.45. The van der Waals surface area contributed by atoms with Crippen LogP contribution in [0.3, 0.4) is 0 Å². The lowest BCUT2D eigenvalue weighted by atomic mass is 9.94. The monoisotopic (exact) mass is 607 g/mol. The largest absolute Gasteiger partial charge is 0.496 e. The third kappa shape index (κ3) is 8.81. The number of hydrogen-bond donors (Lipinski definition) is 1. The zero-order valence-electron chi connectivity index (χ0n) is 26.6. The number of anilines is 3. The van der Waals surface area contributed by atoms with Crippen molar-refractivity contribution in [3.8, 4) is 11.5 Å². The number of nitrogens with zero attached hydrogens (tertiary/aromatic N) is 4. The van der Waals surface area contributed by atoms with Crippen molar-refractivity contribution in [1.82, 2.24) is 14.9 Å². The van der Waals surface area contributed by atoms with Crippen LogP contribution in [0.2, 0.25) is 0 Å². The highest BCUT2D eigenvalue weighted by Gasteiger charge is 2.27. The molecular formula is C34H46FN5O4. The van der Waals surface area contributed by atoms with Crippen molar-refractivity contribution in [2.24, 2.45) is 5.92 Å². The van der Waals surface area contributed by atoms with Crippen LogP contribution in [0.1, 0.15) is 70.1 Å². The molecule has 44 heavy (non-hydrogen) atoms. The lowest BCUT2D eigenvalue weighted by Crippen LogP contribution is -2.35. The first-order valence-corrected chi connectivity index (χ1v) is 15.7. The van der Waals surface area contributed by atoms with E-state index < -0.39 is 18.0 Å². The summed E-state index contributed by atoms with van der Waals surface area (Å²) in [4.78, 5) is 26.3. The second-order valence-electron chi connectivity index (χ2n) is 11.5. The molecule has 1 aromatic heterocycles. The fraction of sp³-hybridized carbons (Fsp3) is 0.500. The van der Waals surface area contributed by atoms with Gasteiger partial charge in [0.1, 0.15) is 17.7 Å². The smallest absolute Gasteiger partial charge is 0.416 e. The van der Waals surface area contributed by atoms with Gasteiger partial charge in [-0.1, -0.05) is 39.3 Å². The van der Waals surface area contributed by atoms with Crippen LogP contribution in [0.25, 0.3) is 0 Å². The van der Waals surface area contributed by atoms with E-state index in [0.717, 1.165) is 42.9 Å². The molecule has 0 saturated carbocycles. The summed E-state index contributed by atoms with van der Waals surface area (Å²) in [5.74, 6) is 1.13. The molecule has 1 fully saturated rings. The Bertz CT molecular complexity index is 1370. The number of amides is 1. The maximum absolute atomic E-state index is 14.9. The maximum atomic E-state index is 14.9. The van der Waals surface area contributed by atoms with E-state index in [9.17, 15) is 9.18 Å². The molecule has 4 rings (SSSR count). The van der Waals surface area contributed by atoms with Gasteiger partial charge in [-0.15, -0.1) is 0 Å². The molecule has 1 N–H and O–H groups in total. The molecule has 9 nitrogen and oxygen atoms in total. The minimum absolute atomic E-state index is 0.0207. The number of nitrogens with one attached hydrogen (secondary N) is 1. The first kappa shape index (κ1) is 33.0. The number of likely N-dealkylation sites (tertiary alicyclic amines) is 1. The van der Waals surface area contributed by atoms with Gasteiger partial charge in [0.15, 0.2) is 11.6 Å². The quantitative estimate of drug-likeness (QED) is 0.187. The van der Waals surface area contributed by atoms with Gasteiger partial charge >= 0.3 is 6.09 Å². The number of rotatable bonds is 14. The number of carbonyl (C=O) groups excluding carboxylic acids is 1. The molecule has 10 heteroatoms. The predicted molar refractivity (Wildman–Crippen MR) is 172 cm³/mol. The highest BCUT2D eigenvalue weighted by molar-refractivity contribution is 5.86. The average molecular weight is 608 g/mol. The number of halogens is 1. The molecule has 1 saturated heterocycles. The summed E-state index contributed by atoms with van der Waals surface area (Å²) >= 11 is 0. The van der Waals surface area contributed by atoms with E-state index in [1.807, 2.05) is 45.9 Å². The minimum Gasteiger partial charge on any atom is -0.496 e. The zero-order valence-corrected chi connectivity index (χ0v) is 26.6. The third-order valence-electron chi connectivity index (χ3n) is 7.78. The highest BCUT2D eigenvalue weighted by atomic mass is 19.1. The van der Waals surface area contributed by atoms with Crippen molar-refractivity contribution in [2.75, 3.05) is 50.1 Å². The van der Waals surface area contributed by atoms with Gasteiger partial charge in [0.2, 0.25) is 5.95 Å². The molecule has 3 aromatic rings. The van der Waals surface area contributed by atoms with Crippen molar-refractivity contribution in [3.63, 3.8) is 0 Å². The van der Waals surface area contributed by atoms with Gasteiger partial charge in [-0.05, 0) is 87.0 Å². The van der Waals surface area contributed by atoms with Gasteiger partial charge in [-0.25, -0.2) is 14.2 Å². The Hall–Kier alpha value is -3.92. The molecule has 0 bridgehead atoms. The molecule has 1 amide bonds. The van der Waals surface area contributed by atoms with E-state index in [2.05, 4.69) is 20.2 Å². The molecule has 1 unspecified atom stereocenters. The van der Waals surface area contributed by atoms with E-state index in [-0.39, 0.29) is 17.6 Å². The molecule has 238 valence electrons. The van der Waals surface area contributed by atoms with Gasteiger partial charge in [0.25, 0.3) is 0 Å². The topological polar surface area (TPSA) is 89.0 Å². The lowest BCUT2D eigenvalue weighted by molar-refractivity contribution is 0.0756. The Kier molecular flexibility index (Phi) is 12.2. The molecule has 1 aliphatic rings. The Morgan fingerprint density at radius 2 is 1.91 bits per heavy atom. The van der Waals surface area contributed by atoms with Crippen molar-refractivity contribution in [2.45, 2.75) is 65.9 Å². The van der Waals surface area contributed by atoms with Gasteiger partial charge in [-0.2, -0.15) is 4.98 Å². The van der Waals surface area contributed by atoms with Crippen molar-refractivity contribution >= 4 is 23.5 Å². The summed E-state index contributed by atoms with van der Waals surface area (Å²) in [5, 5.41) is 3.05. The number of piperidine rings is 1. The van der Waals surface area contributed by atoms with Crippen LogP contribution in [0, 0.1) is 18.7 Å². The van der Waals surface area contributed by atoms with Crippen LogP contribution in [0.4, 0.5) is 26.6 Å². The van der Waals surface area contributed by atoms with Crippen molar-refractivity contribution < 1.29 is 23.4 Å². The number of ether oxygens (including phenoxy) is 3. The molecule has 0 radical (unpaired) electrons. The van der Waals surface area contributed by atoms with Crippen LogP contribution < -0.4 is 19.7 Å². The van der Waals surface area contributed by atoms with Crippen LogP contribution in [-0.4, -0.2) is 60.9 Å². The third-order valence-corrected chi connectivity index (χ3v) is 7.78. The van der Waals surface area contributed by atoms with Crippen LogP contribution >= 0.6 is 0 Å². The second kappa shape index (κ2) is 16.2. The molecule has 1 atom stereocenters.